The first-order valence-corrected chi connectivity index (χ1v) is 11.7. The number of nitrogens with zero attached hydrogens (tertiary/aromatic N) is 2. The summed E-state index contributed by atoms with van der Waals surface area (Å²) >= 11 is 0. The van der Waals surface area contributed by atoms with E-state index in [9.17, 15) is 19.5 Å². The van der Waals surface area contributed by atoms with Gasteiger partial charge in [0.15, 0.2) is 0 Å². The Morgan fingerprint density at radius 2 is 1.85 bits per heavy atom. The van der Waals surface area contributed by atoms with Gasteiger partial charge in [-0.25, -0.2) is 9.18 Å². The monoisotopic (exact) mass is 474 g/mol. The van der Waals surface area contributed by atoms with E-state index in [0.29, 0.717) is 43.6 Å². The number of carbonyl (C=O) groups excluding carboxylic acids is 2. The maximum atomic E-state index is 15.4. The lowest BCUT2D eigenvalue weighted by molar-refractivity contribution is -0.161. The van der Waals surface area contributed by atoms with Crippen molar-refractivity contribution in [2.24, 2.45) is 5.41 Å². The van der Waals surface area contributed by atoms with Gasteiger partial charge in [0, 0.05) is 36.3 Å². The van der Waals surface area contributed by atoms with Gasteiger partial charge in [-0.2, -0.15) is 0 Å². The van der Waals surface area contributed by atoms with Crippen molar-refractivity contribution in [3.05, 3.63) is 39.4 Å². The number of aryl methyl sites for hydroxylation is 1. The van der Waals surface area contributed by atoms with Gasteiger partial charge in [-0.15, -0.1) is 0 Å². The van der Waals surface area contributed by atoms with Crippen molar-refractivity contribution in [1.82, 2.24) is 4.57 Å². The molecule has 0 bridgehead atoms. The molecule has 2 aliphatic rings. The predicted molar refractivity (Wildman–Crippen MR) is 124 cm³/mol. The summed E-state index contributed by atoms with van der Waals surface area (Å²) in [6, 6.07) is 1.19. The molecule has 0 aliphatic carbocycles. The number of hydrogen-bond donors (Lipinski definition) is 1. The number of rotatable bonds is 4. The molecule has 2 aromatic rings. The van der Waals surface area contributed by atoms with Crippen LogP contribution >= 0.6 is 0 Å². The van der Waals surface area contributed by atoms with Gasteiger partial charge in [0.25, 0.3) is 0 Å². The number of piperidine rings is 1. The van der Waals surface area contributed by atoms with Crippen LogP contribution in [0.5, 0.6) is 0 Å². The second-order valence-electron chi connectivity index (χ2n) is 10.2. The highest BCUT2D eigenvalue weighted by Gasteiger charge is 2.30. The van der Waals surface area contributed by atoms with Crippen LogP contribution in [0.2, 0.25) is 0 Å². The van der Waals surface area contributed by atoms with Crippen LogP contribution in [0.4, 0.5) is 10.1 Å². The molecule has 9 heteroatoms. The Balaban J connectivity index is 1.72. The summed E-state index contributed by atoms with van der Waals surface area (Å²) in [6.45, 7) is 7.46. The number of halogens is 1. The average Bonchev–Trinajstić information content (AvgIpc) is 2.77. The molecule has 4 rings (SSSR count). The largest absolute Gasteiger partial charge is 0.427 e. The smallest absolute Gasteiger partial charge is 0.346 e. The van der Waals surface area contributed by atoms with E-state index in [1.165, 1.54) is 12.3 Å². The molecule has 0 spiro atoms. The Labute approximate surface area is 197 Å². The van der Waals surface area contributed by atoms with Crippen LogP contribution in [0.15, 0.2) is 17.1 Å². The number of aliphatic hydroxyl groups is 1. The summed E-state index contributed by atoms with van der Waals surface area (Å²) in [5.74, 6) is -1.98. The summed E-state index contributed by atoms with van der Waals surface area (Å²) in [5.41, 5.74) is 0.249. The van der Waals surface area contributed by atoms with Crippen molar-refractivity contribution in [3.63, 3.8) is 0 Å². The van der Waals surface area contributed by atoms with Crippen molar-refractivity contribution >= 4 is 28.5 Å². The molecule has 0 unspecified atom stereocenters. The van der Waals surface area contributed by atoms with Crippen LogP contribution < -0.4 is 10.3 Å². The number of anilines is 1. The van der Waals surface area contributed by atoms with Crippen LogP contribution in [0.1, 0.15) is 68.9 Å². The first-order chi connectivity index (χ1) is 16.0. The molecule has 0 radical (unpaired) electrons. The molecule has 184 valence electrons. The first-order valence-electron chi connectivity index (χ1n) is 11.7. The zero-order valence-corrected chi connectivity index (χ0v) is 20.0. The number of carbonyl (C=O) groups is 2. The summed E-state index contributed by atoms with van der Waals surface area (Å²) in [7, 11) is 0. The summed E-state index contributed by atoms with van der Waals surface area (Å²) in [6.07, 6.45) is 3.53. The van der Waals surface area contributed by atoms with Gasteiger partial charge >= 0.3 is 11.9 Å². The Bertz CT molecular complexity index is 1190. The highest BCUT2D eigenvalue weighted by atomic mass is 19.1. The molecule has 1 aromatic carbocycles. The minimum Gasteiger partial charge on any atom is -0.427 e. The summed E-state index contributed by atoms with van der Waals surface area (Å²) in [5, 5.41) is 9.97. The minimum atomic E-state index is -0.925. The SMILES string of the molecule is C[C@H]1CCc2c(N3CCC(O)CC3)c(F)cc3c(=O)c(C(=O)OCOC(=O)C(C)(C)C)cn1c23. The Morgan fingerprint density at radius 1 is 1.18 bits per heavy atom. The number of aliphatic hydroxyl groups excluding tert-OH is 1. The van der Waals surface area contributed by atoms with E-state index >= 15 is 4.39 Å². The first kappa shape index (κ1) is 24.2. The van der Waals surface area contributed by atoms with Gasteiger partial charge in [-0.1, -0.05) is 0 Å². The number of hydrogen-bond acceptors (Lipinski definition) is 7. The number of pyridine rings is 1. The van der Waals surface area contributed by atoms with E-state index in [-0.39, 0.29) is 23.1 Å². The van der Waals surface area contributed by atoms with Crippen molar-refractivity contribution in [1.29, 1.82) is 0 Å². The Morgan fingerprint density at radius 3 is 2.50 bits per heavy atom. The summed E-state index contributed by atoms with van der Waals surface area (Å²) in [4.78, 5) is 39.8. The third-order valence-electron chi connectivity index (χ3n) is 6.62. The molecular weight excluding hydrogens is 443 g/mol. The van der Waals surface area contributed by atoms with Crippen LogP contribution in [-0.2, 0) is 20.7 Å². The minimum absolute atomic E-state index is 0.0117. The predicted octanol–water partition coefficient (Wildman–Crippen LogP) is 3.31. The van der Waals surface area contributed by atoms with E-state index < -0.39 is 35.4 Å². The molecule has 1 saturated heterocycles. The second-order valence-corrected chi connectivity index (χ2v) is 10.2. The van der Waals surface area contributed by atoms with Crippen LogP contribution in [0.25, 0.3) is 10.9 Å². The number of benzene rings is 1. The zero-order chi connectivity index (χ0) is 24.8. The second kappa shape index (κ2) is 9.02. The Hall–Kier alpha value is -2.94. The average molecular weight is 475 g/mol. The van der Waals surface area contributed by atoms with E-state index in [1.807, 2.05) is 16.4 Å². The molecule has 3 heterocycles. The highest BCUT2D eigenvalue weighted by Crippen LogP contribution is 2.38. The van der Waals surface area contributed by atoms with Gasteiger partial charge in [-0.05, 0) is 59.4 Å². The van der Waals surface area contributed by atoms with Crippen molar-refractivity contribution < 1.29 is 28.6 Å². The Kier molecular flexibility index (Phi) is 6.42. The topological polar surface area (TPSA) is 98.1 Å². The molecular formula is C25H31FN2O6. The molecule has 8 nitrogen and oxygen atoms in total. The van der Waals surface area contributed by atoms with Gasteiger partial charge in [-0.3, -0.25) is 9.59 Å². The summed E-state index contributed by atoms with van der Waals surface area (Å²) < 4.78 is 27.2. The quantitative estimate of drug-likeness (QED) is 0.536. The fraction of sp³-hybridized carbons (Fsp3) is 0.560. The van der Waals surface area contributed by atoms with E-state index in [2.05, 4.69) is 0 Å². The van der Waals surface area contributed by atoms with Crippen LogP contribution in [0.3, 0.4) is 0 Å². The normalized spacial score (nSPS) is 18.8. The lowest BCUT2D eigenvalue weighted by Crippen LogP contribution is -2.37. The third-order valence-corrected chi connectivity index (χ3v) is 6.62. The highest BCUT2D eigenvalue weighted by molar-refractivity contribution is 5.96. The fourth-order valence-corrected chi connectivity index (χ4v) is 4.64. The maximum Gasteiger partial charge on any atom is 0.346 e. The van der Waals surface area contributed by atoms with Gasteiger partial charge in [0.2, 0.25) is 12.2 Å². The number of ether oxygens (including phenoxy) is 2. The van der Waals surface area contributed by atoms with E-state index in [1.54, 1.807) is 20.8 Å². The molecule has 1 fully saturated rings. The number of aromatic nitrogens is 1. The molecule has 2 aliphatic heterocycles. The molecule has 0 saturated carbocycles. The van der Waals surface area contributed by atoms with Gasteiger partial charge < -0.3 is 24.0 Å². The lowest BCUT2D eigenvalue weighted by atomic mass is 9.93. The molecule has 0 amide bonds. The zero-order valence-electron chi connectivity index (χ0n) is 20.0. The third kappa shape index (κ3) is 4.41. The van der Waals surface area contributed by atoms with Crippen LogP contribution in [0, 0.1) is 11.2 Å². The van der Waals surface area contributed by atoms with Crippen LogP contribution in [-0.4, -0.2) is 47.6 Å². The van der Waals surface area contributed by atoms with Gasteiger partial charge in [0.05, 0.1) is 22.7 Å². The van der Waals surface area contributed by atoms with Gasteiger partial charge in [0.1, 0.15) is 11.4 Å². The maximum absolute atomic E-state index is 15.4. The standard InChI is InChI=1S/C25H31FN2O6/c1-14-5-6-16-20-17(11-19(26)21(16)27-9-7-15(29)8-10-27)22(30)18(12-28(14)20)23(31)33-13-34-24(32)25(2,3)4/h11-12,14-15,29H,5-10,13H2,1-4H3/t14-/m0/s1. The molecule has 1 N–H and O–H groups in total. The number of esters is 2. The van der Waals surface area contributed by atoms with E-state index in [4.69, 9.17) is 9.47 Å². The lowest BCUT2D eigenvalue weighted by Gasteiger charge is -2.36. The molecule has 1 aromatic heterocycles. The van der Waals surface area contributed by atoms with Crippen molar-refractivity contribution in [3.8, 4) is 0 Å². The molecule has 34 heavy (non-hydrogen) atoms. The fourth-order valence-electron chi connectivity index (χ4n) is 4.64. The van der Waals surface area contributed by atoms with Crippen molar-refractivity contribution in [2.75, 3.05) is 24.8 Å². The van der Waals surface area contributed by atoms with E-state index in [0.717, 1.165) is 12.0 Å². The van der Waals surface area contributed by atoms with Crippen molar-refractivity contribution in [2.45, 2.75) is 65.5 Å². The molecule has 1 atom stereocenters.